The lowest BCUT2D eigenvalue weighted by Gasteiger charge is -2.24. The number of carbonyl (C=O) groups is 1. The molecular formula is C14H17F3N2O4S. The van der Waals surface area contributed by atoms with Crippen molar-refractivity contribution < 1.29 is 31.1 Å². The number of halogens is 3. The van der Waals surface area contributed by atoms with E-state index in [0.717, 1.165) is 32.2 Å². The monoisotopic (exact) mass is 366 g/mol. The van der Waals surface area contributed by atoms with E-state index in [2.05, 4.69) is 14.8 Å². The molecule has 1 aliphatic heterocycles. The third-order valence-corrected chi connectivity index (χ3v) is 5.15. The van der Waals surface area contributed by atoms with E-state index in [0.29, 0.717) is 19.0 Å². The van der Waals surface area contributed by atoms with Crippen LogP contribution < -0.4 is 10.0 Å². The van der Waals surface area contributed by atoms with Gasteiger partial charge in [-0.25, -0.2) is 17.9 Å². The van der Waals surface area contributed by atoms with Gasteiger partial charge in [0, 0.05) is 12.6 Å². The molecule has 1 aromatic rings. The lowest BCUT2D eigenvalue weighted by molar-refractivity contribution is -0.138. The molecule has 1 atom stereocenters. The second-order valence-corrected chi connectivity index (χ2v) is 7.08. The lowest BCUT2D eigenvalue weighted by Crippen LogP contribution is -2.45. The molecule has 1 heterocycles. The standard InChI is InChI=1S/C14H17F3N2O4S/c1-23-13(20)11-5-4-10(7-12(11)14(15,16)17)24(21,22)19-9-3-2-6-18-8-9/h4-5,7,9,18-19H,2-3,6,8H2,1H3/t9-/m1/s1. The zero-order chi connectivity index (χ0) is 18.0. The topological polar surface area (TPSA) is 84.5 Å². The molecule has 1 aliphatic rings. The second-order valence-electron chi connectivity index (χ2n) is 5.36. The maximum atomic E-state index is 13.1. The van der Waals surface area contributed by atoms with Gasteiger partial charge in [-0.3, -0.25) is 0 Å². The van der Waals surface area contributed by atoms with Gasteiger partial charge in [-0.05, 0) is 37.6 Å². The van der Waals surface area contributed by atoms with Crippen LogP contribution in [-0.2, 0) is 20.9 Å². The van der Waals surface area contributed by atoms with Crippen LogP contribution in [0.4, 0.5) is 13.2 Å². The van der Waals surface area contributed by atoms with Gasteiger partial charge in [-0.2, -0.15) is 13.2 Å². The average Bonchev–Trinajstić information content (AvgIpc) is 2.53. The Hall–Kier alpha value is -1.65. The van der Waals surface area contributed by atoms with Crippen LogP contribution in [-0.4, -0.2) is 40.6 Å². The highest BCUT2D eigenvalue weighted by Gasteiger charge is 2.37. The quantitative estimate of drug-likeness (QED) is 0.790. The van der Waals surface area contributed by atoms with Crippen LogP contribution in [0.25, 0.3) is 0 Å². The number of hydrogen-bond acceptors (Lipinski definition) is 5. The van der Waals surface area contributed by atoms with Crippen LogP contribution >= 0.6 is 0 Å². The van der Waals surface area contributed by atoms with Gasteiger partial charge in [-0.1, -0.05) is 0 Å². The fourth-order valence-electron chi connectivity index (χ4n) is 2.45. The molecule has 1 fully saturated rings. The predicted molar refractivity (Wildman–Crippen MR) is 79.0 cm³/mol. The molecular weight excluding hydrogens is 349 g/mol. The normalized spacial score (nSPS) is 19.1. The summed E-state index contributed by atoms with van der Waals surface area (Å²) in [6.07, 6.45) is -3.53. The molecule has 0 aromatic heterocycles. The minimum absolute atomic E-state index is 0.390. The van der Waals surface area contributed by atoms with E-state index < -0.39 is 44.2 Å². The third kappa shape index (κ3) is 4.25. The average molecular weight is 366 g/mol. The van der Waals surface area contributed by atoms with Crippen LogP contribution in [0.5, 0.6) is 0 Å². The summed E-state index contributed by atoms with van der Waals surface area (Å²) in [5, 5.41) is 3.01. The fourth-order valence-corrected chi connectivity index (χ4v) is 3.75. The molecule has 6 nitrogen and oxygen atoms in total. The summed E-state index contributed by atoms with van der Waals surface area (Å²) in [5.41, 5.74) is -2.08. The number of alkyl halides is 3. The van der Waals surface area contributed by atoms with Crippen molar-refractivity contribution in [1.29, 1.82) is 0 Å². The van der Waals surface area contributed by atoms with E-state index in [1.807, 2.05) is 0 Å². The fraction of sp³-hybridized carbons (Fsp3) is 0.500. The zero-order valence-electron chi connectivity index (χ0n) is 12.8. The Morgan fingerprint density at radius 3 is 2.62 bits per heavy atom. The Bertz CT molecular complexity index is 713. The molecule has 24 heavy (non-hydrogen) atoms. The Kier molecular flexibility index (Phi) is 5.51. The first-order chi connectivity index (χ1) is 11.1. The summed E-state index contributed by atoms with van der Waals surface area (Å²) in [6.45, 7) is 1.18. The number of rotatable bonds is 4. The van der Waals surface area contributed by atoms with E-state index in [9.17, 15) is 26.4 Å². The largest absolute Gasteiger partial charge is 0.465 e. The summed E-state index contributed by atoms with van der Waals surface area (Å²) in [7, 11) is -3.18. The second kappa shape index (κ2) is 7.08. The van der Waals surface area contributed by atoms with E-state index in [1.165, 1.54) is 0 Å². The first-order valence-corrected chi connectivity index (χ1v) is 8.66. The summed E-state index contributed by atoms with van der Waals surface area (Å²) in [6, 6.07) is 1.83. The first kappa shape index (κ1) is 18.7. The Morgan fingerprint density at radius 2 is 2.08 bits per heavy atom. The van der Waals surface area contributed by atoms with Crippen molar-refractivity contribution in [2.75, 3.05) is 20.2 Å². The molecule has 0 unspecified atom stereocenters. The minimum Gasteiger partial charge on any atom is -0.465 e. The van der Waals surface area contributed by atoms with Crippen LogP contribution in [0.15, 0.2) is 23.1 Å². The number of sulfonamides is 1. The number of benzene rings is 1. The number of esters is 1. The highest BCUT2D eigenvalue weighted by atomic mass is 32.2. The van der Waals surface area contributed by atoms with Gasteiger partial charge >= 0.3 is 12.1 Å². The highest BCUT2D eigenvalue weighted by molar-refractivity contribution is 7.89. The van der Waals surface area contributed by atoms with Crippen molar-refractivity contribution in [3.8, 4) is 0 Å². The van der Waals surface area contributed by atoms with Crippen LogP contribution in [0.2, 0.25) is 0 Å². The van der Waals surface area contributed by atoms with E-state index >= 15 is 0 Å². The molecule has 2 rings (SSSR count). The molecule has 10 heteroatoms. The molecule has 2 N–H and O–H groups in total. The van der Waals surface area contributed by atoms with Gasteiger partial charge in [0.15, 0.2) is 0 Å². The Balaban J connectivity index is 2.38. The van der Waals surface area contributed by atoms with Crippen LogP contribution in [0.1, 0.15) is 28.8 Å². The van der Waals surface area contributed by atoms with Crippen molar-refractivity contribution >= 4 is 16.0 Å². The zero-order valence-corrected chi connectivity index (χ0v) is 13.6. The van der Waals surface area contributed by atoms with Gasteiger partial charge in [-0.15, -0.1) is 0 Å². The van der Waals surface area contributed by atoms with Gasteiger partial charge in [0.05, 0.1) is 23.1 Å². The Morgan fingerprint density at radius 1 is 1.38 bits per heavy atom. The number of carbonyl (C=O) groups excluding carboxylic acids is 1. The third-order valence-electron chi connectivity index (χ3n) is 3.63. The van der Waals surface area contributed by atoms with Crippen LogP contribution in [0.3, 0.4) is 0 Å². The molecule has 0 amide bonds. The first-order valence-electron chi connectivity index (χ1n) is 7.18. The Labute approximate surface area is 137 Å². The summed E-state index contributed by atoms with van der Waals surface area (Å²) in [4.78, 5) is 10.9. The number of methoxy groups -OCH3 is 1. The summed E-state index contributed by atoms with van der Waals surface area (Å²) >= 11 is 0. The molecule has 0 spiro atoms. The molecule has 1 aromatic carbocycles. The smallest absolute Gasteiger partial charge is 0.417 e. The minimum atomic E-state index is -4.89. The molecule has 1 saturated heterocycles. The summed E-state index contributed by atoms with van der Waals surface area (Å²) in [5.74, 6) is -1.18. The maximum absolute atomic E-state index is 13.1. The molecule has 0 bridgehead atoms. The van der Waals surface area contributed by atoms with E-state index in [1.54, 1.807) is 0 Å². The number of piperidine rings is 1. The van der Waals surface area contributed by atoms with Gasteiger partial charge < -0.3 is 10.1 Å². The molecule has 0 saturated carbocycles. The maximum Gasteiger partial charge on any atom is 0.417 e. The van der Waals surface area contributed by atoms with Crippen molar-refractivity contribution in [3.05, 3.63) is 29.3 Å². The molecule has 134 valence electrons. The van der Waals surface area contributed by atoms with Gasteiger partial charge in [0.2, 0.25) is 10.0 Å². The lowest BCUT2D eigenvalue weighted by atomic mass is 10.1. The van der Waals surface area contributed by atoms with E-state index in [4.69, 9.17) is 0 Å². The summed E-state index contributed by atoms with van der Waals surface area (Å²) < 4.78 is 70.7. The van der Waals surface area contributed by atoms with Crippen molar-refractivity contribution in [2.45, 2.75) is 30.0 Å². The SMILES string of the molecule is COC(=O)c1ccc(S(=O)(=O)N[C@@H]2CCCNC2)cc1C(F)(F)F. The van der Waals surface area contributed by atoms with Crippen molar-refractivity contribution in [2.24, 2.45) is 0 Å². The van der Waals surface area contributed by atoms with Crippen LogP contribution in [0, 0.1) is 0 Å². The molecule has 0 radical (unpaired) electrons. The predicted octanol–water partition coefficient (Wildman–Crippen LogP) is 1.52. The van der Waals surface area contributed by atoms with Crippen molar-refractivity contribution in [3.63, 3.8) is 0 Å². The van der Waals surface area contributed by atoms with Gasteiger partial charge in [0.25, 0.3) is 0 Å². The van der Waals surface area contributed by atoms with Gasteiger partial charge in [0.1, 0.15) is 0 Å². The highest BCUT2D eigenvalue weighted by Crippen LogP contribution is 2.34. The number of nitrogens with one attached hydrogen (secondary N) is 2. The number of hydrogen-bond donors (Lipinski definition) is 2. The van der Waals surface area contributed by atoms with E-state index in [-0.39, 0.29) is 0 Å². The molecule has 0 aliphatic carbocycles. The number of ether oxygens (including phenoxy) is 1. The van der Waals surface area contributed by atoms with Crippen molar-refractivity contribution in [1.82, 2.24) is 10.0 Å².